The smallest absolute Gasteiger partial charge is 0.0230 e. The molecule has 0 radical (unpaired) electrons. The molecule has 0 aliphatic heterocycles. The highest BCUT2D eigenvalue weighted by Crippen LogP contribution is 2.08. The van der Waals surface area contributed by atoms with Crippen molar-refractivity contribution in [1.82, 2.24) is 10.2 Å². The fourth-order valence-corrected chi connectivity index (χ4v) is 2.19. The Hall–Kier alpha value is -0.860. The normalized spacial score (nSPS) is 11.2. The second kappa shape index (κ2) is 9.99. The molecule has 1 rings (SSSR count). The SMILES string of the molecule is CCCCCN(C)Cc1ccc(CNCCC)cc1. The van der Waals surface area contributed by atoms with E-state index in [-0.39, 0.29) is 0 Å². The monoisotopic (exact) mass is 262 g/mol. The van der Waals surface area contributed by atoms with Crippen molar-refractivity contribution >= 4 is 0 Å². The summed E-state index contributed by atoms with van der Waals surface area (Å²) in [6, 6.07) is 9.02. The first-order valence-electron chi connectivity index (χ1n) is 7.73. The first kappa shape index (κ1) is 16.2. The van der Waals surface area contributed by atoms with Gasteiger partial charge in [-0.1, -0.05) is 51.0 Å². The molecular weight excluding hydrogens is 232 g/mol. The Morgan fingerprint density at radius 2 is 1.63 bits per heavy atom. The van der Waals surface area contributed by atoms with Gasteiger partial charge >= 0.3 is 0 Å². The summed E-state index contributed by atoms with van der Waals surface area (Å²) in [5.74, 6) is 0. The highest BCUT2D eigenvalue weighted by molar-refractivity contribution is 5.22. The summed E-state index contributed by atoms with van der Waals surface area (Å²) in [6.07, 6.45) is 5.15. The molecular formula is C17H30N2. The van der Waals surface area contributed by atoms with Gasteiger partial charge in [-0.15, -0.1) is 0 Å². The Balaban J connectivity index is 2.30. The fourth-order valence-electron chi connectivity index (χ4n) is 2.19. The number of unbranched alkanes of at least 4 members (excludes halogenated alkanes) is 2. The molecule has 0 atom stereocenters. The second-order valence-corrected chi connectivity index (χ2v) is 5.44. The van der Waals surface area contributed by atoms with Crippen molar-refractivity contribution in [2.24, 2.45) is 0 Å². The number of hydrogen-bond acceptors (Lipinski definition) is 2. The van der Waals surface area contributed by atoms with E-state index in [0.29, 0.717) is 0 Å². The Labute approximate surface area is 119 Å². The number of nitrogens with one attached hydrogen (secondary N) is 1. The first-order chi connectivity index (χ1) is 9.26. The maximum Gasteiger partial charge on any atom is 0.0230 e. The third-order valence-electron chi connectivity index (χ3n) is 3.37. The van der Waals surface area contributed by atoms with Gasteiger partial charge in [-0.05, 0) is 44.1 Å². The second-order valence-electron chi connectivity index (χ2n) is 5.44. The highest BCUT2D eigenvalue weighted by atomic mass is 15.1. The molecule has 1 aromatic carbocycles. The van der Waals surface area contributed by atoms with E-state index in [1.54, 1.807) is 0 Å². The van der Waals surface area contributed by atoms with E-state index >= 15 is 0 Å². The van der Waals surface area contributed by atoms with Gasteiger partial charge in [0.25, 0.3) is 0 Å². The molecule has 0 spiro atoms. The summed E-state index contributed by atoms with van der Waals surface area (Å²) in [5.41, 5.74) is 2.80. The standard InChI is InChI=1S/C17H30N2/c1-4-6-7-13-19(3)15-17-10-8-16(9-11-17)14-18-12-5-2/h8-11,18H,4-7,12-15H2,1-3H3. The fraction of sp³-hybridized carbons (Fsp3) is 0.647. The molecule has 0 fully saturated rings. The largest absolute Gasteiger partial charge is 0.313 e. The quantitative estimate of drug-likeness (QED) is 0.645. The van der Waals surface area contributed by atoms with Gasteiger partial charge in [0.1, 0.15) is 0 Å². The maximum atomic E-state index is 3.44. The van der Waals surface area contributed by atoms with Crippen LogP contribution >= 0.6 is 0 Å². The molecule has 0 unspecified atom stereocenters. The van der Waals surface area contributed by atoms with Crippen molar-refractivity contribution in [2.45, 2.75) is 52.6 Å². The zero-order valence-electron chi connectivity index (χ0n) is 12.9. The molecule has 0 aromatic heterocycles. The number of nitrogens with zero attached hydrogens (tertiary/aromatic N) is 1. The number of rotatable bonds is 10. The van der Waals surface area contributed by atoms with Crippen LogP contribution in [0.2, 0.25) is 0 Å². The van der Waals surface area contributed by atoms with Crippen LogP contribution in [0.5, 0.6) is 0 Å². The third-order valence-corrected chi connectivity index (χ3v) is 3.37. The Morgan fingerprint density at radius 1 is 0.947 bits per heavy atom. The molecule has 0 bridgehead atoms. The van der Waals surface area contributed by atoms with Gasteiger partial charge in [0.05, 0.1) is 0 Å². The van der Waals surface area contributed by atoms with Crippen molar-refractivity contribution < 1.29 is 0 Å². The molecule has 2 nitrogen and oxygen atoms in total. The number of benzene rings is 1. The number of hydrogen-bond donors (Lipinski definition) is 1. The average molecular weight is 262 g/mol. The molecule has 2 heteroatoms. The lowest BCUT2D eigenvalue weighted by Gasteiger charge is -2.16. The van der Waals surface area contributed by atoms with E-state index in [4.69, 9.17) is 0 Å². The summed E-state index contributed by atoms with van der Waals surface area (Å²) in [4.78, 5) is 2.42. The molecule has 0 amide bonds. The minimum Gasteiger partial charge on any atom is -0.313 e. The van der Waals surface area contributed by atoms with Crippen molar-refractivity contribution in [2.75, 3.05) is 20.1 Å². The summed E-state index contributed by atoms with van der Waals surface area (Å²) < 4.78 is 0. The van der Waals surface area contributed by atoms with Gasteiger partial charge < -0.3 is 10.2 Å². The zero-order chi connectivity index (χ0) is 13.9. The summed E-state index contributed by atoms with van der Waals surface area (Å²) >= 11 is 0. The van der Waals surface area contributed by atoms with Gasteiger partial charge in [0, 0.05) is 13.1 Å². The van der Waals surface area contributed by atoms with Crippen LogP contribution in [0.1, 0.15) is 50.7 Å². The molecule has 0 saturated carbocycles. The lowest BCUT2D eigenvalue weighted by molar-refractivity contribution is 0.318. The maximum absolute atomic E-state index is 3.44. The minimum atomic E-state index is 0.987. The zero-order valence-corrected chi connectivity index (χ0v) is 12.9. The van der Waals surface area contributed by atoms with E-state index in [9.17, 15) is 0 Å². The Kier molecular flexibility index (Phi) is 8.52. The predicted molar refractivity (Wildman–Crippen MR) is 84.3 cm³/mol. The van der Waals surface area contributed by atoms with Gasteiger partial charge in [0.2, 0.25) is 0 Å². The molecule has 19 heavy (non-hydrogen) atoms. The van der Waals surface area contributed by atoms with E-state index in [1.165, 1.54) is 43.4 Å². The van der Waals surface area contributed by atoms with Gasteiger partial charge in [-0.3, -0.25) is 0 Å². The lowest BCUT2D eigenvalue weighted by Crippen LogP contribution is -2.19. The van der Waals surface area contributed by atoms with Crippen LogP contribution in [0, 0.1) is 0 Å². The molecule has 0 aliphatic carbocycles. The van der Waals surface area contributed by atoms with Crippen LogP contribution in [0.3, 0.4) is 0 Å². The molecule has 1 aromatic rings. The molecule has 0 heterocycles. The van der Waals surface area contributed by atoms with Crippen LogP contribution in [0.25, 0.3) is 0 Å². The van der Waals surface area contributed by atoms with Gasteiger partial charge in [-0.25, -0.2) is 0 Å². The van der Waals surface area contributed by atoms with Crippen LogP contribution in [-0.2, 0) is 13.1 Å². The third kappa shape index (κ3) is 7.34. The summed E-state index contributed by atoms with van der Waals surface area (Å²) in [7, 11) is 2.21. The summed E-state index contributed by atoms with van der Waals surface area (Å²) in [5, 5.41) is 3.44. The van der Waals surface area contributed by atoms with E-state index in [2.05, 4.69) is 55.4 Å². The van der Waals surface area contributed by atoms with Crippen molar-refractivity contribution in [3.8, 4) is 0 Å². The van der Waals surface area contributed by atoms with Gasteiger partial charge in [-0.2, -0.15) is 0 Å². The van der Waals surface area contributed by atoms with Crippen LogP contribution in [-0.4, -0.2) is 25.0 Å². The molecule has 108 valence electrons. The Bertz CT molecular complexity index is 319. The minimum absolute atomic E-state index is 0.987. The van der Waals surface area contributed by atoms with Crippen LogP contribution in [0.15, 0.2) is 24.3 Å². The van der Waals surface area contributed by atoms with E-state index < -0.39 is 0 Å². The Morgan fingerprint density at radius 3 is 2.26 bits per heavy atom. The van der Waals surface area contributed by atoms with Crippen LogP contribution in [0.4, 0.5) is 0 Å². The van der Waals surface area contributed by atoms with Crippen molar-refractivity contribution in [3.63, 3.8) is 0 Å². The van der Waals surface area contributed by atoms with E-state index in [1.807, 2.05) is 0 Å². The van der Waals surface area contributed by atoms with Crippen molar-refractivity contribution in [3.05, 3.63) is 35.4 Å². The van der Waals surface area contributed by atoms with Crippen molar-refractivity contribution in [1.29, 1.82) is 0 Å². The lowest BCUT2D eigenvalue weighted by atomic mass is 10.1. The van der Waals surface area contributed by atoms with Gasteiger partial charge in [0.15, 0.2) is 0 Å². The predicted octanol–water partition coefficient (Wildman–Crippen LogP) is 3.81. The molecule has 0 saturated heterocycles. The molecule has 1 N–H and O–H groups in total. The highest BCUT2D eigenvalue weighted by Gasteiger charge is 2.00. The van der Waals surface area contributed by atoms with E-state index in [0.717, 1.165) is 19.6 Å². The van der Waals surface area contributed by atoms with Crippen LogP contribution < -0.4 is 5.32 Å². The molecule has 0 aliphatic rings. The average Bonchev–Trinajstić information content (AvgIpc) is 2.41. The summed E-state index contributed by atoms with van der Waals surface area (Å²) in [6.45, 7) is 8.80. The first-order valence-corrected chi connectivity index (χ1v) is 7.73. The topological polar surface area (TPSA) is 15.3 Å².